The molecule has 0 unspecified atom stereocenters. The number of hydrogen-bond donors (Lipinski definition) is 1. The van der Waals surface area contributed by atoms with Crippen LogP contribution in [0.4, 0.5) is 18.9 Å². The van der Waals surface area contributed by atoms with Crippen LogP contribution in [0, 0.1) is 0 Å². The summed E-state index contributed by atoms with van der Waals surface area (Å²) in [5.74, 6) is -0.515. The molecule has 3 aromatic rings. The van der Waals surface area contributed by atoms with Gasteiger partial charge in [-0.05, 0) is 31.2 Å². The Balaban J connectivity index is 1.77. The largest absolute Gasteiger partial charge is 0.418 e. The zero-order valence-electron chi connectivity index (χ0n) is 14.0. The number of nitrogens with zero attached hydrogens (tertiary/aromatic N) is 2. The Morgan fingerprint density at radius 1 is 1.15 bits per heavy atom. The highest BCUT2D eigenvalue weighted by Gasteiger charge is 2.34. The van der Waals surface area contributed by atoms with Crippen LogP contribution in [0.15, 0.2) is 53.7 Å². The quantitative estimate of drug-likeness (QED) is 0.668. The van der Waals surface area contributed by atoms with Gasteiger partial charge in [-0.3, -0.25) is 4.79 Å². The third-order valence-corrected chi connectivity index (χ3v) is 5.03. The first-order chi connectivity index (χ1) is 12.3. The number of fused-ring (bicyclic) bond motifs is 1. The molecule has 1 N–H and O–H groups in total. The molecule has 1 heterocycles. The fourth-order valence-corrected chi connectivity index (χ4v) is 3.40. The first-order valence-electron chi connectivity index (χ1n) is 7.82. The Morgan fingerprint density at radius 2 is 1.81 bits per heavy atom. The zero-order valence-corrected chi connectivity index (χ0v) is 14.9. The molecule has 1 aromatic heterocycles. The van der Waals surface area contributed by atoms with Crippen molar-refractivity contribution in [3.8, 4) is 0 Å². The normalized spacial score (nSPS) is 13.0. The maximum absolute atomic E-state index is 13.0. The molecule has 136 valence electrons. The number of alkyl halides is 3. The van der Waals surface area contributed by atoms with Crippen LogP contribution in [0.3, 0.4) is 0 Å². The SMILES string of the molecule is C[C@H](Sc1nc2ccccc2n1C)C(=O)Nc1ccccc1C(F)(F)F. The summed E-state index contributed by atoms with van der Waals surface area (Å²) in [5, 5.41) is 2.38. The lowest BCUT2D eigenvalue weighted by Gasteiger charge is -2.16. The summed E-state index contributed by atoms with van der Waals surface area (Å²) in [6, 6.07) is 12.5. The number of imidazole rings is 1. The van der Waals surface area contributed by atoms with Gasteiger partial charge in [0.05, 0.1) is 27.5 Å². The molecule has 0 saturated heterocycles. The number of para-hydroxylation sites is 3. The topological polar surface area (TPSA) is 46.9 Å². The predicted octanol–water partition coefficient (Wildman–Crippen LogP) is 4.71. The van der Waals surface area contributed by atoms with Crippen molar-refractivity contribution in [2.45, 2.75) is 23.5 Å². The van der Waals surface area contributed by atoms with Gasteiger partial charge in [0.2, 0.25) is 5.91 Å². The summed E-state index contributed by atoms with van der Waals surface area (Å²) < 4.78 is 41.0. The van der Waals surface area contributed by atoms with Gasteiger partial charge >= 0.3 is 6.18 Å². The second-order valence-electron chi connectivity index (χ2n) is 5.73. The second-order valence-corrected chi connectivity index (χ2v) is 7.04. The van der Waals surface area contributed by atoms with E-state index in [9.17, 15) is 18.0 Å². The number of thioether (sulfide) groups is 1. The van der Waals surface area contributed by atoms with Gasteiger partial charge in [-0.2, -0.15) is 13.2 Å². The molecule has 0 fully saturated rings. The highest BCUT2D eigenvalue weighted by molar-refractivity contribution is 8.00. The summed E-state index contributed by atoms with van der Waals surface area (Å²) in [7, 11) is 1.83. The monoisotopic (exact) mass is 379 g/mol. The zero-order chi connectivity index (χ0) is 18.9. The van der Waals surface area contributed by atoms with Crippen LogP contribution in [-0.2, 0) is 18.0 Å². The number of carbonyl (C=O) groups excluding carboxylic acids is 1. The molecular formula is C18H16F3N3OS. The van der Waals surface area contributed by atoms with Gasteiger partial charge < -0.3 is 9.88 Å². The Hall–Kier alpha value is -2.48. The van der Waals surface area contributed by atoms with E-state index in [0.29, 0.717) is 5.16 Å². The molecule has 0 radical (unpaired) electrons. The van der Waals surface area contributed by atoms with E-state index in [2.05, 4.69) is 10.3 Å². The Labute approximate surface area is 152 Å². The van der Waals surface area contributed by atoms with E-state index in [1.807, 2.05) is 35.9 Å². The van der Waals surface area contributed by atoms with E-state index in [-0.39, 0.29) is 5.69 Å². The molecule has 0 bridgehead atoms. The third kappa shape index (κ3) is 3.70. The van der Waals surface area contributed by atoms with Crippen LogP contribution >= 0.6 is 11.8 Å². The average molecular weight is 379 g/mol. The number of aryl methyl sites for hydroxylation is 1. The summed E-state index contributed by atoms with van der Waals surface area (Å²) in [5.41, 5.74) is 0.605. The van der Waals surface area contributed by atoms with Gasteiger partial charge in [0, 0.05) is 7.05 Å². The smallest absolute Gasteiger partial charge is 0.325 e. The Bertz CT molecular complexity index is 952. The number of rotatable bonds is 4. The molecule has 0 aliphatic heterocycles. The van der Waals surface area contributed by atoms with Gasteiger partial charge in [0.15, 0.2) is 5.16 Å². The predicted molar refractivity (Wildman–Crippen MR) is 96.1 cm³/mol. The number of nitrogens with one attached hydrogen (secondary N) is 1. The number of amides is 1. The number of hydrogen-bond acceptors (Lipinski definition) is 3. The van der Waals surface area contributed by atoms with Crippen LogP contribution in [0.2, 0.25) is 0 Å². The molecule has 4 nitrogen and oxygen atoms in total. The molecule has 1 atom stereocenters. The summed E-state index contributed by atoms with van der Waals surface area (Å²) >= 11 is 1.20. The van der Waals surface area contributed by atoms with Crippen molar-refractivity contribution < 1.29 is 18.0 Å². The first-order valence-corrected chi connectivity index (χ1v) is 8.70. The molecule has 0 saturated carbocycles. The highest BCUT2D eigenvalue weighted by Crippen LogP contribution is 2.35. The van der Waals surface area contributed by atoms with Crippen molar-refractivity contribution >= 4 is 34.4 Å². The Morgan fingerprint density at radius 3 is 2.50 bits per heavy atom. The fraction of sp³-hybridized carbons (Fsp3) is 0.222. The molecule has 0 spiro atoms. The lowest BCUT2D eigenvalue weighted by molar-refractivity contribution is -0.137. The lowest BCUT2D eigenvalue weighted by Crippen LogP contribution is -2.24. The van der Waals surface area contributed by atoms with Crippen molar-refractivity contribution in [3.05, 3.63) is 54.1 Å². The molecule has 2 aromatic carbocycles. The van der Waals surface area contributed by atoms with Crippen LogP contribution in [0.1, 0.15) is 12.5 Å². The third-order valence-electron chi connectivity index (χ3n) is 3.89. The summed E-state index contributed by atoms with van der Waals surface area (Å²) in [4.78, 5) is 16.9. The number of benzene rings is 2. The van der Waals surface area contributed by atoms with E-state index in [1.54, 1.807) is 6.92 Å². The first kappa shape index (κ1) is 18.3. The minimum absolute atomic E-state index is 0.248. The maximum atomic E-state index is 13.0. The van der Waals surface area contributed by atoms with Crippen LogP contribution in [0.25, 0.3) is 11.0 Å². The van der Waals surface area contributed by atoms with Crippen LogP contribution in [-0.4, -0.2) is 20.7 Å². The second kappa shape index (κ2) is 7.03. The molecule has 8 heteroatoms. The number of halogens is 3. The average Bonchev–Trinajstić information content (AvgIpc) is 2.90. The van der Waals surface area contributed by atoms with Crippen LogP contribution < -0.4 is 5.32 Å². The maximum Gasteiger partial charge on any atom is 0.418 e. The number of aromatic nitrogens is 2. The van der Waals surface area contributed by atoms with Crippen molar-refractivity contribution in [1.29, 1.82) is 0 Å². The molecule has 1 amide bonds. The van der Waals surface area contributed by atoms with Gasteiger partial charge in [0.25, 0.3) is 0 Å². The minimum atomic E-state index is -4.53. The van der Waals surface area contributed by atoms with E-state index < -0.39 is 22.9 Å². The summed E-state index contributed by atoms with van der Waals surface area (Å²) in [6.07, 6.45) is -4.53. The van der Waals surface area contributed by atoms with Crippen LogP contribution in [0.5, 0.6) is 0 Å². The molecule has 3 rings (SSSR count). The van der Waals surface area contributed by atoms with E-state index in [4.69, 9.17) is 0 Å². The molecular weight excluding hydrogens is 363 g/mol. The van der Waals surface area contributed by atoms with E-state index in [1.165, 1.54) is 30.0 Å². The van der Waals surface area contributed by atoms with Crippen molar-refractivity contribution in [3.63, 3.8) is 0 Å². The number of carbonyl (C=O) groups is 1. The van der Waals surface area contributed by atoms with Crippen molar-refractivity contribution in [2.75, 3.05) is 5.32 Å². The van der Waals surface area contributed by atoms with E-state index in [0.717, 1.165) is 17.1 Å². The Kier molecular flexibility index (Phi) is 4.95. The van der Waals surface area contributed by atoms with E-state index >= 15 is 0 Å². The number of anilines is 1. The summed E-state index contributed by atoms with van der Waals surface area (Å²) in [6.45, 7) is 1.63. The highest BCUT2D eigenvalue weighted by atomic mass is 32.2. The molecule has 26 heavy (non-hydrogen) atoms. The minimum Gasteiger partial charge on any atom is -0.325 e. The lowest BCUT2D eigenvalue weighted by atomic mass is 10.1. The van der Waals surface area contributed by atoms with Gasteiger partial charge in [0.1, 0.15) is 0 Å². The molecule has 0 aliphatic rings. The van der Waals surface area contributed by atoms with Gasteiger partial charge in [-0.25, -0.2) is 4.98 Å². The van der Waals surface area contributed by atoms with Gasteiger partial charge in [-0.15, -0.1) is 0 Å². The standard InChI is InChI=1S/C18H16F3N3OS/c1-11(26-17-23-14-9-5-6-10-15(14)24(17)2)16(25)22-13-8-4-3-7-12(13)18(19,20)21/h3-11H,1-2H3,(H,22,25)/t11-/m0/s1. The fourth-order valence-electron chi connectivity index (χ4n) is 2.51. The van der Waals surface area contributed by atoms with Crippen molar-refractivity contribution in [2.24, 2.45) is 7.05 Å². The van der Waals surface area contributed by atoms with Crippen molar-refractivity contribution in [1.82, 2.24) is 9.55 Å². The van der Waals surface area contributed by atoms with Gasteiger partial charge in [-0.1, -0.05) is 36.0 Å². The molecule has 0 aliphatic carbocycles.